The van der Waals surface area contributed by atoms with Gasteiger partial charge in [0.25, 0.3) is 0 Å². The van der Waals surface area contributed by atoms with Gasteiger partial charge in [-0.05, 0) is 64.8 Å². The van der Waals surface area contributed by atoms with Crippen LogP contribution in [0.25, 0.3) is 16.7 Å². The Labute approximate surface area is 229 Å². The summed E-state index contributed by atoms with van der Waals surface area (Å²) in [5.41, 5.74) is 10.7. The van der Waals surface area contributed by atoms with Gasteiger partial charge in [-0.2, -0.15) is 0 Å². The van der Waals surface area contributed by atoms with Crippen molar-refractivity contribution in [3.05, 3.63) is 146 Å². The molecule has 5 aromatic rings. The van der Waals surface area contributed by atoms with E-state index in [9.17, 15) is 0 Å². The van der Waals surface area contributed by atoms with Crippen LogP contribution >= 0.6 is 0 Å². The van der Waals surface area contributed by atoms with Crippen LogP contribution in [-0.2, 0) is 0 Å². The van der Waals surface area contributed by atoms with E-state index in [1.54, 1.807) is 6.33 Å². The molecule has 0 spiro atoms. The molecule has 186 valence electrons. The van der Waals surface area contributed by atoms with Gasteiger partial charge in [-0.3, -0.25) is 0 Å². The van der Waals surface area contributed by atoms with Gasteiger partial charge in [0.05, 0.1) is 29.5 Å². The molecule has 0 radical (unpaired) electrons. The van der Waals surface area contributed by atoms with Crippen molar-refractivity contribution < 1.29 is 0 Å². The Morgan fingerprint density at radius 3 is 1.87 bits per heavy atom. The summed E-state index contributed by atoms with van der Waals surface area (Å²) in [6.07, 6.45) is 14.2. The zero-order valence-electron chi connectivity index (χ0n) is 21.6. The molecule has 0 N–H and O–H groups in total. The zero-order valence-corrected chi connectivity index (χ0v) is 21.6. The second-order valence-corrected chi connectivity index (χ2v) is 9.89. The summed E-state index contributed by atoms with van der Waals surface area (Å²) < 4.78 is 0. The van der Waals surface area contributed by atoms with E-state index in [0.29, 0.717) is 0 Å². The average Bonchev–Trinajstić information content (AvgIpc) is 3.38. The summed E-state index contributed by atoms with van der Waals surface area (Å²) in [4.78, 5) is 13.5. The van der Waals surface area contributed by atoms with Gasteiger partial charge in [0.15, 0.2) is 0 Å². The predicted octanol–water partition coefficient (Wildman–Crippen LogP) is 7.56. The Kier molecular flexibility index (Phi) is 6.02. The second kappa shape index (κ2) is 10.1. The van der Waals surface area contributed by atoms with Crippen LogP contribution in [0.2, 0.25) is 0 Å². The fourth-order valence-corrected chi connectivity index (χ4v) is 5.68. The van der Waals surface area contributed by atoms with Crippen LogP contribution in [0.3, 0.4) is 0 Å². The Balaban J connectivity index is 1.35. The molecule has 39 heavy (non-hydrogen) atoms. The lowest BCUT2D eigenvalue weighted by atomic mass is 9.64. The highest BCUT2D eigenvalue weighted by molar-refractivity contribution is 6.84. The molecule has 4 aromatic carbocycles. The summed E-state index contributed by atoms with van der Waals surface area (Å²) >= 11 is 0. The fourth-order valence-electron chi connectivity index (χ4n) is 5.68. The molecule has 1 aromatic heterocycles. The highest BCUT2D eigenvalue weighted by Crippen LogP contribution is 2.46. The molecule has 0 unspecified atom stereocenters. The predicted molar refractivity (Wildman–Crippen MR) is 163 cm³/mol. The number of fused-ring (bicyclic) bond motifs is 1. The van der Waals surface area contributed by atoms with Crippen molar-refractivity contribution in [3.63, 3.8) is 0 Å². The lowest BCUT2D eigenvalue weighted by Gasteiger charge is -2.30. The molecule has 0 saturated heterocycles. The number of benzene rings is 4. The maximum atomic E-state index is 4.36. The average molecular weight is 502 g/mol. The van der Waals surface area contributed by atoms with E-state index in [1.807, 2.05) is 12.4 Å². The molecule has 1 aliphatic carbocycles. The van der Waals surface area contributed by atoms with Gasteiger partial charge in [0, 0.05) is 5.69 Å². The lowest BCUT2D eigenvalue weighted by molar-refractivity contribution is 1.05. The minimum absolute atomic E-state index is 0.0964. The second-order valence-electron chi connectivity index (χ2n) is 9.89. The first-order chi connectivity index (χ1) is 19.4. The lowest BCUT2D eigenvalue weighted by Crippen LogP contribution is -2.53. The van der Waals surface area contributed by atoms with E-state index in [4.69, 9.17) is 0 Å². The summed E-state index contributed by atoms with van der Waals surface area (Å²) in [5.74, 6) is 0. The van der Waals surface area contributed by atoms with Crippen molar-refractivity contribution in [2.24, 2.45) is 0 Å². The molecule has 2 heterocycles. The largest absolute Gasteiger partial charge is 0.420 e. The number of aromatic nitrogens is 2. The van der Waals surface area contributed by atoms with Gasteiger partial charge in [0.1, 0.15) is 6.33 Å². The number of nitrogens with zero attached hydrogens (tertiary/aromatic N) is 4. The van der Waals surface area contributed by atoms with Crippen molar-refractivity contribution in [2.45, 2.75) is 12.8 Å². The van der Waals surface area contributed by atoms with Crippen LogP contribution in [0.1, 0.15) is 18.4 Å². The quantitative estimate of drug-likeness (QED) is 0.232. The number of anilines is 4. The number of para-hydroxylation sites is 2. The summed E-state index contributed by atoms with van der Waals surface area (Å²) in [7, 11) is 0. The van der Waals surface area contributed by atoms with Gasteiger partial charge < -0.3 is 9.62 Å². The minimum atomic E-state index is -0.0964. The van der Waals surface area contributed by atoms with Gasteiger partial charge in [-0.1, -0.05) is 97.1 Å². The van der Waals surface area contributed by atoms with E-state index in [0.717, 1.165) is 35.6 Å². The summed E-state index contributed by atoms with van der Waals surface area (Å²) in [6, 6.07) is 37.1. The Morgan fingerprint density at radius 2 is 1.21 bits per heavy atom. The first-order valence-electron chi connectivity index (χ1n) is 13.4. The molecule has 0 atom stereocenters. The topological polar surface area (TPSA) is 32.3 Å². The van der Waals surface area contributed by atoms with Gasteiger partial charge in [-0.15, -0.1) is 0 Å². The summed E-state index contributed by atoms with van der Waals surface area (Å²) in [6.45, 7) is -0.0964. The number of rotatable bonds is 5. The van der Waals surface area contributed by atoms with Crippen LogP contribution in [-0.4, -0.2) is 17.0 Å². The maximum absolute atomic E-state index is 4.36. The van der Waals surface area contributed by atoms with E-state index < -0.39 is 0 Å². The number of allylic oxidation sites excluding steroid dienone is 4. The molecule has 0 saturated carbocycles. The van der Waals surface area contributed by atoms with Crippen molar-refractivity contribution >= 4 is 40.8 Å². The molecule has 2 aliphatic rings. The van der Waals surface area contributed by atoms with Gasteiger partial charge in [-0.25, -0.2) is 9.97 Å². The molecule has 0 bridgehead atoms. The smallest absolute Gasteiger partial charge is 0.360 e. The van der Waals surface area contributed by atoms with Crippen LogP contribution in [0.5, 0.6) is 0 Å². The zero-order chi connectivity index (χ0) is 26.0. The van der Waals surface area contributed by atoms with Gasteiger partial charge in [0.2, 0.25) is 0 Å². The Bertz CT molecular complexity index is 1650. The van der Waals surface area contributed by atoms with Crippen LogP contribution < -0.4 is 15.1 Å². The van der Waals surface area contributed by atoms with E-state index in [-0.39, 0.29) is 6.98 Å². The molecule has 0 amide bonds. The van der Waals surface area contributed by atoms with E-state index in [1.165, 1.54) is 27.7 Å². The normalized spacial score (nSPS) is 14.4. The molecule has 7 rings (SSSR count). The van der Waals surface area contributed by atoms with Crippen LogP contribution in [0.15, 0.2) is 140 Å². The van der Waals surface area contributed by atoms with Crippen molar-refractivity contribution in [1.29, 1.82) is 0 Å². The number of hydrogen-bond acceptors (Lipinski definition) is 4. The van der Waals surface area contributed by atoms with Crippen molar-refractivity contribution in [2.75, 3.05) is 9.62 Å². The monoisotopic (exact) mass is 502 g/mol. The third kappa shape index (κ3) is 4.32. The minimum Gasteiger partial charge on any atom is -0.360 e. The van der Waals surface area contributed by atoms with Gasteiger partial charge >= 0.3 is 6.98 Å². The SMILES string of the molecule is C1=CCCC(c2ccc(N3B(c4ccc(-c5ccccc5)cc4)N(c4cncnc4)c4ccccc43)cc2)=C1. The first-order valence-corrected chi connectivity index (χ1v) is 13.4. The fraction of sp³-hybridized carbons (Fsp3) is 0.0588. The Morgan fingerprint density at radius 1 is 0.590 bits per heavy atom. The molecule has 0 fully saturated rings. The number of hydrogen-bond donors (Lipinski definition) is 0. The highest BCUT2D eigenvalue weighted by atomic mass is 15.3. The molecule has 4 nitrogen and oxygen atoms in total. The Hall–Kier alpha value is -4.90. The molecular formula is C34H27BN4. The molecular weight excluding hydrogens is 475 g/mol. The molecule has 5 heteroatoms. The maximum Gasteiger partial charge on any atom is 0.420 e. The third-order valence-electron chi connectivity index (χ3n) is 7.56. The van der Waals surface area contributed by atoms with E-state index >= 15 is 0 Å². The van der Waals surface area contributed by atoms with Crippen molar-refractivity contribution in [3.8, 4) is 11.1 Å². The highest BCUT2D eigenvalue weighted by Gasteiger charge is 2.43. The molecule has 1 aliphatic heterocycles. The first kappa shape index (κ1) is 23.2. The van der Waals surface area contributed by atoms with E-state index in [2.05, 4.69) is 141 Å². The third-order valence-corrected chi connectivity index (χ3v) is 7.56. The summed E-state index contributed by atoms with van der Waals surface area (Å²) in [5, 5.41) is 0. The van der Waals surface area contributed by atoms with Crippen LogP contribution in [0, 0.1) is 0 Å². The van der Waals surface area contributed by atoms with Crippen LogP contribution in [0.4, 0.5) is 22.7 Å². The van der Waals surface area contributed by atoms with Crippen molar-refractivity contribution in [1.82, 2.24) is 9.97 Å². The standard InChI is InChI=1S/C34H27BN4/c1-3-9-26(10-4-1)28-15-19-30(20-16-28)35-38(31-21-17-29(18-22-31)27-11-5-2-6-12-27)33-13-7-8-14-34(33)39(35)32-23-36-25-37-24-32/h1-5,7-11,13-25H,6,12H2.